The van der Waals surface area contributed by atoms with Gasteiger partial charge in [-0.15, -0.1) is 0 Å². The molecule has 30 heavy (non-hydrogen) atoms. The maximum Gasteiger partial charge on any atom is 0.251 e. The van der Waals surface area contributed by atoms with Crippen LogP contribution in [0, 0.1) is 5.92 Å². The number of fused-ring (bicyclic) bond motifs is 1. The summed E-state index contributed by atoms with van der Waals surface area (Å²) in [4.78, 5) is 29.6. The summed E-state index contributed by atoms with van der Waals surface area (Å²) in [5, 5.41) is 3.10. The summed E-state index contributed by atoms with van der Waals surface area (Å²) < 4.78 is 0. The number of rotatable bonds is 5. The Balaban J connectivity index is 1.90. The smallest absolute Gasteiger partial charge is 0.251 e. The van der Waals surface area contributed by atoms with Crippen LogP contribution in [0.5, 0.6) is 0 Å². The zero-order valence-corrected chi connectivity index (χ0v) is 19.1. The molecule has 0 unspecified atom stereocenters. The van der Waals surface area contributed by atoms with E-state index in [1.165, 1.54) is 19.3 Å². The molecule has 1 heterocycles. The quantitative estimate of drug-likeness (QED) is 0.758. The molecule has 1 aliphatic carbocycles. The van der Waals surface area contributed by atoms with Crippen molar-refractivity contribution in [3.63, 3.8) is 0 Å². The highest BCUT2D eigenvalue weighted by molar-refractivity contribution is 5.97. The van der Waals surface area contributed by atoms with E-state index in [1.54, 1.807) is 6.92 Å². The van der Waals surface area contributed by atoms with Gasteiger partial charge < -0.3 is 10.2 Å². The number of nitrogens with one attached hydrogen (secondary N) is 1. The van der Waals surface area contributed by atoms with Gasteiger partial charge in [0.1, 0.15) is 0 Å². The molecule has 0 aromatic heterocycles. The van der Waals surface area contributed by atoms with Crippen molar-refractivity contribution in [1.29, 1.82) is 0 Å². The lowest BCUT2D eigenvalue weighted by Crippen LogP contribution is -2.33. The van der Waals surface area contributed by atoms with Crippen molar-refractivity contribution in [2.45, 2.75) is 84.7 Å². The van der Waals surface area contributed by atoms with Crippen molar-refractivity contribution in [1.82, 2.24) is 10.2 Å². The highest BCUT2D eigenvalue weighted by atomic mass is 16.2. The second-order valence-corrected chi connectivity index (χ2v) is 9.49. The van der Waals surface area contributed by atoms with E-state index >= 15 is 0 Å². The molecular formula is C25H39N3O2. The minimum Gasteiger partial charge on any atom is -0.349 e. The van der Waals surface area contributed by atoms with Gasteiger partial charge in [-0.3, -0.25) is 14.5 Å². The number of hydrogen-bond acceptors (Lipinski definition) is 3. The average molecular weight is 414 g/mol. The average Bonchev–Trinajstić information content (AvgIpc) is 3.50. The number of benzene rings is 1. The molecule has 3 rings (SSSR count). The van der Waals surface area contributed by atoms with E-state index in [4.69, 9.17) is 0 Å². The number of nitrogens with zero attached hydrogens (tertiary/aromatic N) is 2. The third kappa shape index (κ3) is 6.83. The van der Waals surface area contributed by atoms with Crippen molar-refractivity contribution in [3.05, 3.63) is 29.3 Å². The van der Waals surface area contributed by atoms with Crippen LogP contribution in [0.2, 0.25) is 0 Å². The van der Waals surface area contributed by atoms with Crippen LogP contribution in [0.25, 0.3) is 0 Å². The molecule has 2 aliphatic rings. The van der Waals surface area contributed by atoms with Crippen LogP contribution < -0.4 is 10.2 Å². The number of anilines is 1. The van der Waals surface area contributed by atoms with Crippen LogP contribution in [-0.2, 0) is 11.3 Å². The maximum absolute atomic E-state index is 12.7. The predicted octanol–water partition coefficient (Wildman–Crippen LogP) is 4.74. The molecule has 0 spiro atoms. The first-order chi connectivity index (χ1) is 14.4. The van der Waals surface area contributed by atoms with E-state index in [0.717, 1.165) is 69.5 Å². The number of hydrogen-bond donors (Lipinski definition) is 1. The van der Waals surface area contributed by atoms with E-state index in [9.17, 15) is 9.59 Å². The standard InChI is InChI=1S/C25H39N3O2/c1-19(2)13-16-27-14-7-5-4-6-8-15-28(20(3)29)24-12-9-21(17-22(24)18-27)25(30)26-23-10-11-23/h9,12,17,19,23H,4-8,10-11,13-16,18H2,1-3H3,(H,26,30). The summed E-state index contributed by atoms with van der Waals surface area (Å²) in [6.45, 7) is 9.85. The first-order valence-electron chi connectivity index (χ1n) is 11.9. The summed E-state index contributed by atoms with van der Waals surface area (Å²) in [5.41, 5.74) is 2.78. The van der Waals surface area contributed by atoms with Crippen LogP contribution >= 0.6 is 0 Å². The second kappa shape index (κ2) is 10.9. The Bertz CT molecular complexity index is 727. The minimum atomic E-state index is 0.00882. The molecule has 1 fully saturated rings. The molecule has 0 radical (unpaired) electrons. The third-order valence-corrected chi connectivity index (χ3v) is 6.20. The topological polar surface area (TPSA) is 52.7 Å². The Morgan fingerprint density at radius 2 is 1.77 bits per heavy atom. The molecule has 1 aliphatic heterocycles. The first kappa shape index (κ1) is 22.8. The molecule has 0 atom stereocenters. The Kier molecular flexibility index (Phi) is 8.32. The lowest BCUT2D eigenvalue weighted by molar-refractivity contribution is -0.116. The summed E-state index contributed by atoms with van der Waals surface area (Å²) in [5.74, 6) is 0.752. The zero-order chi connectivity index (χ0) is 21.5. The molecule has 1 aromatic carbocycles. The maximum atomic E-state index is 12.7. The largest absolute Gasteiger partial charge is 0.349 e. The predicted molar refractivity (Wildman–Crippen MR) is 123 cm³/mol. The van der Waals surface area contributed by atoms with Crippen molar-refractivity contribution in [3.8, 4) is 0 Å². The molecule has 5 heteroatoms. The highest BCUT2D eigenvalue weighted by Gasteiger charge is 2.25. The lowest BCUT2D eigenvalue weighted by atomic mass is 10.0. The Labute approximate surface area is 182 Å². The van der Waals surface area contributed by atoms with E-state index in [2.05, 4.69) is 24.1 Å². The van der Waals surface area contributed by atoms with Gasteiger partial charge in [0.05, 0.1) is 0 Å². The van der Waals surface area contributed by atoms with Crippen LogP contribution in [0.3, 0.4) is 0 Å². The molecule has 5 nitrogen and oxygen atoms in total. The van der Waals surface area contributed by atoms with Crippen LogP contribution in [-0.4, -0.2) is 42.4 Å². The third-order valence-electron chi connectivity index (χ3n) is 6.20. The van der Waals surface area contributed by atoms with Crippen LogP contribution in [0.1, 0.15) is 88.1 Å². The monoisotopic (exact) mass is 413 g/mol. The van der Waals surface area contributed by atoms with Crippen molar-refractivity contribution < 1.29 is 9.59 Å². The fraction of sp³-hybridized carbons (Fsp3) is 0.680. The fourth-order valence-electron chi connectivity index (χ4n) is 4.15. The van der Waals surface area contributed by atoms with Crippen molar-refractivity contribution in [2.75, 3.05) is 24.5 Å². The summed E-state index contributed by atoms with van der Waals surface area (Å²) in [6.07, 6.45) is 9.20. The summed E-state index contributed by atoms with van der Waals surface area (Å²) in [7, 11) is 0. The molecule has 1 aromatic rings. The first-order valence-corrected chi connectivity index (χ1v) is 11.9. The molecule has 0 saturated heterocycles. The van der Waals surface area contributed by atoms with Gasteiger partial charge in [0, 0.05) is 37.3 Å². The molecule has 1 N–H and O–H groups in total. The van der Waals surface area contributed by atoms with Gasteiger partial charge in [0.2, 0.25) is 5.91 Å². The van der Waals surface area contributed by atoms with E-state index < -0.39 is 0 Å². The van der Waals surface area contributed by atoms with E-state index in [-0.39, 0.29) is 11.8 Å². The van der Waals surface area contributed by atoms with E-state index in [1.807, 2.05) is 23.1 Å². The van der Waals surface area contributed by atoms with Crippen LogP contribution in [0.4, 0.5) is 5.69 Å². The normalized spacial score (nSPS) is 19.0. The van der Waals surface area contributed by atoms with Gasteiger partial charge in [-0.1, -0.05) is 33.1 Å². The number of amides is 2. The molecular weight excluding hydrogens is 374 g/mol. The Morgan fingerprint density at radius 3 is 2.43 bits per heavy atom. The SMILES string of the molecule is CC(=O)N1CCCCCCCN(CCC(C)C)Cc2cc(C(=O)NC3CC3)ccc21. The van der Waals surface area contributed by atoms with Gasteiger partial charge in [0.25, 0.3) is 5.91 Å². The summed E-state index contributed by atoms with van der Waals surface area (Å²) in [6, 6.07) is 6.24. The van der Waals surface area contributed by atoms with Crippen molar-refractivity contribution in [2.24, 2.45) is 5.92 Å². The van der Waals surface area contributed by atoms with Gasteiger partial charge in [-0.05, 0) is 74.9 Å². The number of carbonyl (C=O) groups is 2. The van der Waals surface area contributed by atoms with Crippen molar-refractivity contribution >= 4 is 17.5 Å². The summed E-state index contributed by atoms with van der Waals surface area (Å²) >= 11 is 0. The van der Waals surface area contributed by atoms with Gasteiger partial charge in [0.15, 0.2) is 0 Å². The van der Waals surface area contributed by atoms with Crippen LogP contribution in [0.15, 0.2) is 18.2 Å². The van der Waals surface area contributed by atoms with Gasteiger partial charge >= 0.3 is 0 Å². The minimum absolute atomic E-state index is 0.00882. The lowest BCUT2D eigenvalue weighted by Gasteiger charge is -2.29. The zero-order valence-electron chi connectivity index (χ0n) is 19.1. The molecule has 1 saturated carbocycles. The number of carbonyl (C=O) groups excluding carboxylic acids is 2. The Morgan fingerprint density at radius 1 is 1.07 bits per heavy atom. The molecule has 2 amide bonds. The van der Waals surface area contributed by atoms with E-state index in [0.29, 0.717) is 17.5 Å². The molecule has 0 bridgehead atoms. The highest BCUT2D eigenvalue weighted by Crippen LogP contribution is 2.27. The Hall–Kier alpha value is -1.88. The molecule has 166 valence electrons. The second-order valence-electron chi connectivity index (χ2n) is 9.49. The fourth-order valence-corrected chi connectivity index (χ4v) is 4.15. The van der Waals surface area contributed by atoms with Gasteiger partial charge in [-0.2, -0.15) is 0 Å². The van der Waals surface area contributed by atoms with Gasteiger partial charge in [-0.25, -0.2) is 0 Å².